The summed E-state index contributed by atoms with van der Waals surface area (Å²) in [6.45, 7) is 64.6. The third kappa shape index (κ3) is 11.9. The average Bonchev–Trinajstić information content (AvgIpc) is 2.77. The molecule has 0 saturated heterocycles. The van der Waals surface area contributed by atoms with Gasteiger partial charge >= 0.3 is 335 Å². The molecule has 0 N–H and O–H groups in total. The van der Waals surface area contributed by atoms with Crippen molar-refractivity contribution in [3.05, 3.63) is 58.7 Å². The van der Waals surface area contributed by atoms with Gasteiger partial charge in [0.05, 0.1) is 0 Å². The van der Waals surface area contributed by atoms with E-state index in [1.165, 1.54) is 0 Å². The van der Waals surface area contributed by atoms with E-state index in [0.717, 1.165) is 20.7 Å². The fourth-order valence-electron chi connectivity index (χ4n) is 11.7. The van der Waals surface area contributed by atoms with E-state index in [-0.39, 0.29) is 25.6 Å². The minimum atomic E-state index is -1.48. The summed E-state index contributed by atoms with van der Waals surface area (Å²) in [5, 5.41) is 3.18. The van der Waals surface area contributed by atoms with E-state index in [9.17, 15) is 0 Å². The quantitative estimate of drug-likeness (QED) is 0.166. The molecule has 50 heavy (non-hydrogen) atoms. The predicted molar refractivity (Wildman–Crippen MR) is 261 cm³/mol. The second kappa shape index (κ2) is 16.0. The van der Waals surface area contributed by atoms with Crippen LogP contribution >= 0.6 is 0 Å². The van der Waals surface area contributed by atoms with Crippen LogP contribution in [0.4, 0.5) is 0 Å². The van der Waals surface area contributed by atoms with Crippen molar-refractivity contribution in [2.75, 3.05) is 0 Å². The van der Waals surface area contributed by atoms with Gasteiger partial charge in [0.2, 0.25) is 0 Å². The number of rotatable bonds is 14. The van der Waals surface area contributed by atoms with E-state index in [0.29, 0.717) is 0 Å². The molecule has 0 bridgehead atoms. The molecule has 0 unspecified atom stereocenters. The van der Waals surface area contributed by atoms with E-state index in [1.807, 2.05) is 31.1 Å². The van der Waals surface area contributed by atoms with E-state index in [2.05, 4.69) is 194 Å². The first kappa shape index (κ1) is 47.4. The van der Waals surface area contributed by atoms with Crippen LogP contribution in [0, 0.1) is 0 Å². The van der Waals surface area contributed by atoms with E-state index < -0.39 is 64.6 Å². The van der Waals surface area contributed by atoms with Gasteiger partial charge < -0.3 is 0 Å². The van der Waals surface area contributed by atoms with Crippen molar-refractivity contribution < 1.29 is 0 Å². The first-order valence-electron chi connectivity index (χ1n) is 19.9. The van der Waals surface area contributed by atoms with Crippen molar-refractivity contribution >= 4 is 99.0 Å². The summed E-state index contributed by atoms with van der Waals surface area (Å²) in [6.07, 6.45) is 0. The van der Waals surface area contributed by atoms with E-state index >= 15 is 0 Å². The maximum atomic E-state index is 2.69. The number of hydrogen-bond acceptors (Lipinski definition) is 0. The second-order valence-electron chi connectivity index (χ2n) is 24.7. The van der Waals surface area contributed by atoms with Gasteiger partial charge in [0.15, 0.2) is 0 Å². The zero-order chi connectivity index (χ0) is 39.4. The predicted octanol–water partition coefficient (Wildman–Crippen LogP) is 12.3. The Morgan fingerprint density at radius 3 is 0.540 bits per heavy atom. The summed E-state index contributed by atoms with van der Waals surface area (Å²) in [6, 6.07) is 15.7. The van der Waals surface area contributed by atoms with Gasteiger partial charge in [-0.25, -0.2) is 0 Å². The molecule has 0 heterocycles. The topological polar surface area (TPSA) is 0 Å². The van der Waals surface area contributed by atoms with Crippen LogP contribution in [-0.2, 0) is 0 Å². The second-order valence-corrected chi connectivity index (χ2v) is 73.3. The Hall–Kier alpha value is 1.24. The summed E-state index contributed by atoms with van der Waals surface area (Å²) in [4.78, 5) is 0. The fraction of sp³-hybridized carbons (Fsp3) is 0.700. The van der Waals surface area contributed by atoms with Crippen LogP contribution in [0.3, 0.4) is 0 Å². The number of hydrogen-bond donors (Lipinski definition) is 0. The summed E-state index contributed by atoms with van der Waals surface area (Å²) in [7, 11) is -11.8. The van der Waals surface area contributed by atoms with Crippen LogP contribution in [0.5, 0.6) is 0 Å². The molecule has 0 nitrogen and oxygen atoms in total. The zero-order valence-corrected chi connectivity index (χ0v) is 48.2. The number of benzene rings is 2. The van der Waals surface area contributed by atoms with Gasteiger partial charge in [0, 0.05) is 0 Å². The van der Waals surface area contributed by atoms with Crippen molar-refractivity contribution in [1.29, 1.82) is 0 Å². The van der Waals surface area contributed by atoms with Gasteiger partial charge in [0.1, 0.15) is 0 Å². The molecule has 0 aliphatic rings. The van der Waals surface area contributed by atoms with Crippen LogP contribution in [-0.4, -0.2) is 90.1 Å². The van der Waals surface area contributed by atoms with Crippen molar-refractivity contribution in [3.63, 3.8) is 0 Å². The third-order valence-corrected chi connectivity index (χ3v) is 52.7. The minimum absolute atomic E-state index is 0.197. The van der Waals surface area contributed by atoms with Gasteiger partial charge in [-0.15, -0.1) is 0 Å². The molecule has 0 amide bonds. The zero-order valence-electron chi connectivity index (χ0n) is 37.9. The van der Waals surface area contributed by atoms with Crippen LogP contribution < -0.4 is 8.85 Å². The van der Waals surface area contributed by atoms with Gasteiger partial charge in [0.25, 0.3) is 0 Å². The molecule has 0 fully saturated rings. The first-order chi connectivity index (χ1) is 21.9. The first-order valence-corrected chi connectivity index (χ1v) is 52.3. The summed E-state index contributed by atoms with van der Waals surface area (Å²) in [5.74, 6) is 0. The molecule has 0 aliphatic heterocycles. The summed E-state index contributed by atoms with van der Waals surface area (Å²) < 4.78 is 3.84. The molecule has 0 radical (unpaired) electrons. The standard InChI is InChI=1S/2C20H41Si4.2Al/c2*1-21(2,3)19(22(4,5)6)17-14-13-15-18(16-17)20(23(7,8)9)24(10,11)12;;/h2*13-15,19-20H,1-12H3;;. The molecule has 0 spiro atoms. The Labute approximate surface area is 332 Å². The van der Waals surface area contributed by atoms with Crippen LogP contribution in [0.2, 0.25) is 157 Å². The maximum absolute atomic E-state index is 2.69. The van der Waals surface area contributed by atoms with E-state index in [1.54, 1.807) is 0 Å². The van der Waals surface area contributed by atoms with Crippen LogP contribution in [0.1, 0.15) is 42.9 Å². The van der Waals surface area contributed by atoms with Gasteiger partial charge in [-0.2, -0.15) is 0 Å². The van der Waals surface area contributed by atoms with Crippen molar-refractivity contribution in [2.24, 2.45) is 0 Å². The molecule has 0 aromatic heterocycles. The van der Waals surface area contributed by atoms with E-state index in [4.69, 9.17) is 0 Å². The molecule has 0 aliphatic carbocycles. The summed E-state index contributed by atoms with van der Waals surface area (Å²) >= 11 is 0.394. The van der Waals surface area contributed by atoms with Gasteiger partial charge in [-0.1, -0.05) is 0 Å². The Morgan fingerprint density at radius 2 is 0.420 bits per heavy atom. The third-order valence-electron chi connectivity index (χ3n) is 10.9. The molecule has 10 heteroatoms. The van der Waals surface area contributed by atoms with Gasteiger partial charge in [-0.3, -0.25) is 0 Å². The summed E-state index contributed by atoms with van der Waals surface area (Å²) in [5.41, 5.74) is 7.34. The van der Waals surface area contributed by atoms with Crippen molar-refractivity contribution in [1.82, 2.24) is 0 Å². The monoisotopic (exact) mass is 840 g/mol. The molecule has 2 rings (SSSR count). The Balaban J connectivity index is 3.36. The van der Waals surface area contributed by atoms with Gasteiger partial charge in [-0.05, 0) is 0 Å². The van der Waals surface area contributed by atoms with Crippen LogP contribution in [0.25, 0.3) is 0 Å². The normalized spacial score (nSPS) is 14.7. The molecule has 2 aromatic rings. The van der Waals surface area contributed by atoms with Crippen LogP contribution in [0.15, 0.2) is 36.4 Å². The van der Waals surface area contributed by atoms with Crippen molar-refractivity contribution in [2.45, 2.75) is 178 Å². The fourth-order valence-corrected chi connectivity index (χ4v) is 69.5. The SMILES string of the molecule is C[Si](C)(C)C(c1cccc(C([Si](C)(C)C)[Si](C)(C)C)[c]1[Al]=[Al][c]1c(C([Si](C)(C)C)[Si](C)(C)C)cccc1C([Si](C)(C)C)[Si](C)(C)C)[Si](C)(C)C. The Bertz CT molecular complexity index is 1220. The molecule has 0 saturated carbocycles. The molecular formula is C40H82Al2Si8. The molecular weight excluding hydrogens is 759 g/mol. The molecule has 280 valence electrons. The molecule has 0 atom stereocenters. The van der Waals surface area contributed by atoms with Crippen molar-refractivity contribution in [3.8, 4) is 0 Å². The molecule has 2 aromatic carbocycles. The Morgan fingerprint density at radius 1 is 0.280 bits per heavy atom. The average molecular weight is 842 g/mol. The Kier molecular flexibility index (Phi) is 15.2.